The summed E-state index contributed by atoms with van der Waals surface area (Å²) >= 11 is 0. The van der Waals surface area contributed by atoms with Crippen LogP contribution in [0.5, 0.6) is 0 Å². The summed E-state index contributed by atoms with van der Waals surface area (Å²) in [5, 5.41) is 13.5. The number of amides is 1. The lowest BCUT2D eigenvalue weighted by Gasteiger charge is -2.20. The van der Waals surface area contributed by atoms with E-state index >= 15 is 0 Å². The maximum atomic E-state index is 13.7. The van der Waals surface area contributed by atoms with Crippen LogP contribution in [0.4, 0.5) is 0 Å². The molecule has 2 aromatic heterocycles. The number of fused-ring (bicyclic) bond motifs is 1. The zero-order valence-corrected chi connectivity index (χ0v) is 18.4. The van der Waals surface area contributed by atoms with Gasteiger partial charge in [-0.15, -0.1) is 0 Å². The Labute approximate surface area is 197 Å². The number of rotatable bonds is 6. The van der Waals surface area contributed by atoms with Gasteiger partial charge in [-0.3, -0.25) is 9.78 Å². The van der Waals surface area contributed by atoms with Crippen LogP contribution >= 0.6 is 0 Å². The molecule has 0 aliphatic rings. The van der Waals surface area contributed by atoms with Crippen molar-refractivity contribution in [1.29, 1.82) is 5.26 Å². The van der Waals surface area contributed by atoms with Crippen molar-refractivity contribution >= 4 is 16.8 Å². The number of nitrogens with one attached hydrogen (secondary N) is 1. The maximum Gasteiger partial charge on any atom is 0.268 e. The number of nitriles is 1. The quantitative estimate of drug-likeness (QED) is 0.379. The van der Waals surface area contributed by atoms with Crippen molar-refractivity contribution in [3.05, 3.63) is 137 Å². The minimum Gasteiger partial charge on any atom is -0.340 e. The average molecular weight is 443 g/mol. The lowest BCUT2D eigenvalue weighted by atomic mass is 9.99. The van der Waals surface area contributed by atoms with E-state index in [-0.39, 0.29) is 11.9 Å². The Morgan fingerprint density at radius 3 is 2.41 bits per heavy atom. The summed E-state index contributed by atoms with van der Waals surface area (Å²) in [4.78, 5) is 17.8. The summed E-state index contributed by atoms with van der Waals surface area (Å²) < 4.78 is 2.01. The first-order chi connectivity index (χ1) is 16.7. The standard InChI is InChI=1S/C29H22N4O/c30-19-21-7-6-8-22(17-21)20-33-26-12-5-4-11-25(26)18-27(33)29(34)32-28(23-9-2-1-3-10-23)24-13-15-31-16-14-24/h1-18,28H,20H2,(H,32,34). The van der Waals surface area contributed by atoms with Gasteiger partial charge in [0.15, 0.2) is 0 Å². The van der Waals surface area contributed by atoms with Gasteiger partial charge < -0.3 is 9.88 Å². The molecule has 34 heavy (non-hydrogen) atoms. The van der Waals surface area contributed by atoms with Crippen LogP contribution in [-0.4, -0.2) is 15.5 Å². The van der Waals surface area contributed by atoms with Gasteiger partial charge in [-0.2, -0.15) is 5.26 Å². The molecule has 0 radical (unpaired) electrons. The van der Waals surface area contributed by atoms with E-state index in [1.807, 2.05) is 95.6 Å². The van der Waals surface area contributed by atoms with Crippen LogP contribution < -0.4 is 5.32 Å². The second-order valence-electron chi connectivity index (χ2n) is 8.08. The van der Waals surface area contributed by atoms with Gasteiger partial charge in [-0.05, 0) is 53.1 Å². The summed E-state index contributed by atoms with van der Waals surface area (Å²) in [6, 6.07) is 33.0. The fourth-order valence-electron chi connectivity index (χ4n) is 4.26. The van der Waals surface area contributed by atoms with Gasteiger partial charge in [0.25, 0.3) is 5.91 Å². The van der Waals surface area contributed by atoms with Gasteiger partial charge in [0.05, 0.1) is 17.7 Å². The van der Waals surface area contributed by atoms with E-state index < -0.39 is 0 Å². The van der Waals surface area contributed by atoms with E-state index in [0.717, 1.165) is 27.6 Å². The topological polar surface area (TPSA) is 70.7 Å². The zero-order chi connectivity index (χ0) is 23.3. The minimum atomic E-state index is -0.315. The molecule has 1 N–H and O–H groups in total. The predicted molar refractivity (Wildman–Crippen MR) is 132 cm³/mol. The van der Waals surface area contributed by atoms with E-state index in [1.54, 1.807) is 18.5 Å². The molecule has 5 nitrogen and oxygen atoms in total. The third-order valence-corrected chi connectivity index (χ3v) is 5.89. The Kier molecular flexibility index (Phi) is 5.87. The molecule has 0 spiro atoms. The molecule has 0 saturated heterocycles. The highest BCUT2D eigenvalue weighted by Crippen LogP contribution is 2.25. The highest BCUT2D eigenvalue weighted by atomic mass is 16.2. The molecule has 5 heteroatoms. The van der Waals surface area contributed by atoms with E-state index in [4.69, 9.17) is 0 Å². The van der Waals surface area contributed by atoms with Gasteiger partial charge in [-0.1, -0.05) is 60.7 Å². The Balaban J connectivity index is 1.55. The normalized spacial score (nSPS) is 11.6. The summed E-state index contributed by atoms with van der Waals surface area (Å²) in [6.45, 7) is 0.483. The first-order valence-corrected chi connectivity index (χ1v) is 11.1. The fraction of sp³-hybridized carbons (Fsp3) is 0.0690. The second-order valence-corrected chi connectivity index (χ2v) is 8.08. The van der Waals surface area contributed by atoms with Crippen molar-refractivity contribution in [2.24, 2.45) is 0 Å². The number of pyridine rings is 1. The summed E-state index contributed by atoms with van der Waals surface area (Å²) in [5.74, 6) is -0.168. The molecule has 0 aliphatic carbocycles. The minimum absolute atomic E-state index is 0.168. The molecule has 164 valence electrons. The van der Waals surface area contributed by atoms with Crippen LogP contribution in [0.25, 0.3) is 10.9 Å². The molecule has 2 heterocycles. The Hall–Kier alpha value is -4.69. The highest BCUT2D eigenvalue weighted by molar-refractivity contribution is 5.99. The van der Waals surface area contributed by atoms with Gasteiger partial charge in [-0.25, -0.2) is 0 Å². The molecule has 5 rings (SSSR count). The lowest BCUT2D eigenvalue weighted by molar-refractivity contribution is 0.0934. The number of nitrogens with zero attached hydrogens (tertiary/aromatic N) is 3. The molecule has 0 aliphatic heterocycles. The number of carbonyl (C=O) groups is 1. The van der Waals surface area contributed by atoms with Crippen LogP contribution in [0.1, 0.15) is 38.8 Å². The zero-order valence-electron chi connectivity index (χ0n) is 18.4. The van der Waals surface area contributed by atoms with Crippen molar-refractivity contribution < 1.29 is 4.79 Å². The number of hydrogen-bond acceptors (Lipinski definition) is 3. The summed E-state index contributed by atoms with van der Waals surface area (Å²) in [7, 11) is 0. The second kappa shape index (κ2) is 9.43. The van der Waals surface area contributed by atoms with E-state index in [9.17, 15) is 10.1 Å². The Bertz CT molecular complexity index is 1440. The highest BCUT2D eigenvalue weighted by Gasteiger charge is 2.21. The Morgan fingerprint density at radius 2 is 1.62 bits per heavy atom. The van der Waals surface area contributed by atoms with E-state index in [0.29, 0.717) is 17.8 Å². The average Bonchev–Trinajstić information content (AvgIpc) is 3.26. The van der Waals surface area contributed by atoms with Crippen LogP contribution in [0.3, 0.4) is 0 Å². The van der Waals surface area contributed by atoms with Gasteiger partial charge in [0, 0.05) is 29.8 Å². The molecule has 3 aromatic carbocycles. The molecular formula is C29H22N4O. The smallest absolute Gasteiger partial charge is 0.268 e. The molecular weight excluding hydrogens is 420 g/mol. The fourth-order valence-corrected chi connectivity index (χ4v) is 4.26. The summed E-state index contributed by atoms with van der Waals surface area (Å²) in [5.41, 5.74) is 5.05. The van der Waals surface area contributed by atoms with Crippen molar-refractivity contribution in [2.75, 3.05) is 0 Å². The Morgan fingerprint density at radius 1 is 0.882 bits per heavy atom. The first kappa shape index (κ1) is 21.2. The van der Waals surface area contributed by atoms with Crippen LogP contribution in [0.15, 0.2) is 109 Å². The molecule has 0 saturated carbocycles. The largest absolute Gasteiger partial charge is 0.340 e. The van der Waals surface area contributed by atoms with Crippen LogP contribution in [0, 0.1) is 11.3 Å². The molecule has 0 fully saturated rings. The SMILES string of the molecule is N#Cc1cccc(Cn2c(C(=O)NC(c3ccccc3)c3ccncc3)cc3ccccc32)c1. The molecule has 1 unspecified atom stereocenters. The number of aromatic nitrogens is 2. The van der Waals surface area contributed by atoms with Crippen LogP contribution in [0.2, 0.25) is 0 Å². The van der Waals surface area contributed by atoms with Crippen LogP contribution in [-0.2, 0) is 6.54 Å². The first-order valence-electron chi connectivity index (χ1n) is 11.1. The predicted octanol–water partition coefficient (Wildman–Crippen LogP) is 5.48. The van der Waals surface area contributed by atoms with Gasteiger partial charge in [0.2, 0.25) is 0 Å². The van der Waals surface area contributed by atoms with E-state index in [1.165, 1.54) is 0 Å². The molecule has 5 aromatic rings. The number of para-hydroxylation sites is 1. The van der Waals surface area contributed by atoms with Crippen molar-refractivity contribution in [3.8, 4) is 6.07 Å². The molecule has 0 bridgehead atoms. The van der Waals surface area contributed by atoms with Crippen molar-refractivity contribution in [2.45, 2.75) is 12.6 Å². The lowest BCUT2D eigenvalue weighted by Crippen LogP contribution is -2.31. The van der Waals surface area contributed by atoms with Crippen molar-refractivity contribution in [1.82, 2.24) is 14.9 Å². The monoisotopic (exact) mass is 442 g/mol. The summed E-state index contributed by atoms with van der Waals surface area (Å²) in [6.07, 6.45) is 3.47. The van der Waals surface area contributed by atoms with Crippen molar-refractivity contribution in [3.63, 3.8) is 0 Å². The third-order valence-electron chi connectivity index (χ3n) is 5.89. The third kappa shape index (κ3) is 4.30. The number of carbonyl (C=O) groups excluding carboxylic acids is 1. The van der Waals surface area contributed by atoms with E-state index in [2.05, 4.69) is 16.4 Å². The number of benzene rings is 3. The van der Waals surface area contributed by atoms with Gasteiger partial charge >= 0.3 is 0 Å². The number of hydrogen-bond donors (Lipinski definition) is 1. The maximum absolute atomic E-state index is 13.7. The van der Waals surface area contributed by atoms with Gasteiger partial charge in [0.1, 0.15) is 5.69 Å². The molecule has 1 atom stereocenters. The molecule has 1 amide bonds.